The number of nitrogens with one attached hydrogen (secondary N) is 1. The molecule has 5 nitrogen and oxygen atoms in total. The van der Waals surface area contributed by atoms with E-state index in [1.165, 1.54) is 5.56 Å². The molecule has 1 aromatic heterocycles. The normalized spacial score (nSPS) is 10.4. The lowest BCUT2D eigenvalue weighted by molar-refractivity contribution is 0.857. The van der Waals surface area contributed by atoms with Crippen molar-refractivity contribution in [2.45, 2.75) is 19.9 Å². The van der Waals surface area contributed by atoms with Gasteiger partial charge in [-0.25, -0.2) is 15.8 Å². The molecule has 0 bridgehead atoms. The van der Waals surface area contributed by atoms with Crippen molar-refractivity contribution < 1.29 is 0 Å². The average molecular weight is 336 g/mol. The lowest BCUT2D eigenvalue weighted by Crippen LogP contribution is -2.20. The average Bonchev–Trinajstić information content (AvgIpc) is 2.48. The Bertz CT molecular complexity index is 565. The van der Waals surface area contributed by atoms with Crippen LogP contribution >= 0.6 is 15.9 Å². The predicted octanol–water partition coefficient (Wildman–Crippen LogP) is 2.72. The van der Waals surface area contributed by atoms with Gasteiger partial charge >= 0.3 is 0 Å². The van der Waals surface area contributed by atoms with Crippen molar-refractivity contribution in [3.63, 3.8) is 0 Å². The smallest absolute Gasteiger partial charge is 0.145 e. The zero-order valence-electron chi connectivity index (χ0n) is 11.6. The monoisotopic (exact) mass is 335 g/mol. The molecule has 0 saturated carbocycles. The second kappa shape index (κ2) is 6.67. The summed E-state index contributed by atoms with van der Waals surface area (Å²) >= 11 is 3.56. The molecule has 106 valence electrons. The van der Waals surface area contributed by atoms with E-state index in [1.54, 1.807) is 0 Å². The summed E-state index contributed by atoms with van der Waals surface area (Å²) in [5.41, 5.74) is 3.79. The molecule has 2 aromatic rings. The SMILES string of the molecule is CCc1nc(NN)cc(N(C)Cc2ccccc2Br)n1. The van der Waals surface area contributed by atoms with E-state index < -0.39 is 0 Å². The molecule has 0 aliphatic heterocycles. The highest BCUT2D eigenvalue weighted by Gasteiger charge is 2.09. The van der Waals surface area contributed by atoms with Gasteiger partial charge in [0, 0.05) is 30.6 Å². The summed E-state index contributed by atoms with van der Waals surface area (Å²) in [6.45, 7) is 2.78. The number of anilines is 2. The number of halogens is 1. The summed E-state index contributed by atoms with van der Waals surface area (Å²) in [5.74, 6) is 7.70. The fourth-order valence-electron chi connectivity index (χ4n) is 1.87. The van der Waals surface area contributed by atoms with Gasteiger partial charge in [0.1, 0.15) is 17.5 Å². The lowest BCUT2D eigenvalue weighted by atomic mass is 10.2. The Labute approximate surface area is 127 Å². The van der Waals surface area contributed by atoms with Crippen LogP contribution in [0.2, 0.25) is 0 Å². The van der Waals surface area contributed by atoms with Crippen LogP contribution in [-0.4, -0.2) is 17.0 Å². The van der Waals surface area contributed by atoms with E-state index in [9.17, 15) is 0 Å². The summed E-state index contributed by atoms with van der Waals surface area (Å²) in [7, 11) is 2.00. The third kappa shape index (κ3) is 3.46. The molecule has 0 spiro atoms. The summed E-state index contributed by atoms with van der Waals surface area (Å²) in [6.07, 6.45) is 0.769. The molecule has 0 aliphatic rings. The Morgan fingerprint density at radius 2 is 2.05 bits per heavy atom. The van der Waals surface area contributed by atoms with Gasteiger partial charge in [0.15, 0.2) is 0 Å². The molecule has 3 N–H and O–H groups in total. The van der Waals surface area contributed by atoms with Crippen LogP contribution in [0.4, 0.5) is 11.6 Å². The van der Waals surface area contributed by atoms with Gasteiger partial charge in [0.2, 0.25) is 0 Å². The van der Waals surface area contributed by atoms with Crippen LogP contribution in [0.25, 0.3) is 0 Å². The number of rotatable bonds is 5. The minimum Gasteiger partial charge on any atom is -0.355 e. The number of nitrogens with zero attached hydrogens (tertiary/aromatic N) is 3. The van der Waals surface area contributed by atoms with Crippen molar-refractivity contribution in [3.05, 3.63) is 46.2 Å². The number of benzene rings is 1. The molecule has 0 fully saturated rings. The highest BCUT2D eigenvalue weighted by Crippen LogP contribution is 2.21. The number of aryl methyl sites for hydroxylation is 1. The van der Waals surface area contributed by atoms with Gasteiger partial charge in [-0.15, -0.1) is 0 Å². The number of hydrogen-bond acceptors (Lipinski definition) is 5. The Kier molecular flexibility index (Phi) is 4.92. The quantitative estimate of drug-likeness (QED) is 0.649. The predicted molar refractivity (Wildman–Crippen MR) is 85.5 cm³/mol. The van der Waals surface area contributed by atoms with E-state index >= 15 is 0 Å². The van der Waals surface area contributed by atoms with E-state index in [0.717, 1.165) is 29.1 Å². The second-order valence-corrected chi connectivity index (χ2v) is 5.33. The molecule has 0 amide bonds. The third-order valence-electron chi connectivity index (χ3n) is 2.98. The van der Waals surface area contributed by atoms with Gasteiger partial charge in [0.05, 0.1) is 0 Å². The maximum Gasteiger partial charge on any atom is 0.145 e. The van der Waals surface area contributed by atoms with Crippen LogP contribution in [0, 0.1) is 0 Å². The van der Waals surface area contributed by atoms with Crippen LogP contribution in [-0.2, 0) is 13.0 Å². The van der Waals surface area contributed by atoms with Crippen LogP contribution < -0.4 is 16.2 Å². The van der Waals surface area contributed by atoms with Gasteiger partial charge in [0.25, 0.3) is 0 Å². The van der Waals surface area contributed by atoms with Crippen molar-refractivity contribution in [2.75, 3.05) is 17.4 Å². The summed E-state index contributed by atoms with van der Waals surface area (Å²) in [5, 5.41) is 0. The van der Waals surface area contributed by atoms with Crippen molar-refractivity contribution in [1.29, 1.82) is 0 Å². The molecular formula is C14H18BrN5. The largest absolute Gasteiger partial charge is 0.355 e. The fraction of sp³-hybridized carbons (Fsp3) is 0.286. The number of nitrogens with two attached hydrogens (primary N) is 1. The summed E-state index contributed by atoms with van der Waals surface area (Å²) in [4.78, 5) is 10.9. The van der Waals surface area contributed by atoms with E-state index in [2.05, 4.69) is 42.3 Å². The fourth-order valence-corrected chi connectivity index (χ4v) is 2.28. The van der Waals surface area contributed by atoms with Gasteiger partial charge in [-0.2, -0.15) is 0 Å². The zero-order valence-corrected chi connectivity index (χ0v) is 13.2. The Hall–Kier alpha value is -1.66. The first-order valence-corrected chi connectivity index (χ1v) is 7.22. The minimum absolute atomic E-state index is 0.630. The van der Waals surface area contributed by atoms with Crippen molar-refractivity contribution in [2.24, 2.45) is 5.84 Å². The second-order valence-electron chi connectivity index (χ2n) is 4.47. The van der Waals surface area contributed by atoms with Crippen molar-refractivity contribution in [3.8, 4) is 0 Å². The van der Waals surface area contributed by atoms with Crippen LogP contribution in [0.15, 0.2) is 34.8 Å². The van der Waals surface area contributed by atoms with E-state index in [1.807, 2.05) is 38.2 Å². The Morgan fingerprint density at radius 1 is 1.30 bits per heavy atom. The molecule has 2 rings (SSSR count). The van der Waals surface area contributed by atoms with E-state index in [-0.39, 0.29) is 0 Å². The molecule has 1 aromatic carbocycles. The number of hydrazine groups is 1. The number of nitrogen functional groups attached to an aromatic ring is 1. The van der Waals surface area contributed by atoms with Crippen LogP contribution in [0.3, 0.4) is 0 Å². The minimum atomic E-state index is 0.630. The zero-order chi connectivity index (χ0) is 14.5. The standard InChI is InChI=1S/C14H18BrN5/c1-3-12-17-13(19-16)8-14(18-12)20(2)9-10-6-4-5-7-11(10)15/h4-8H,3,9,16H2,1-2H3,(H,17,18,19). The summed E-state index contributed by atoms with van der Waals surface area (Å²) in [6, 6.07) is 10.00. The molecule has 20 heavy (non-hydrogen) atoms. The van der Waals surface area contributed by atoms with Gasteiger partial charge in [-0.1, -0.05) is 41.1 Å². The highest BCUT2D eigenvalue weighted by atomic mass is 79.9. The maximum atomic E-state index is 5.45. The lowest BCUT2D eigenvalue weighted by Gasteiger charge is -2.20. The van der Waals surface area contributed by atoms with Gasteiger partial charge < -0.3 is 10.3 Å². The molecule has 0 radical (unpaired) electrons. The molecule has 0 saturated heterocycles. The summed E-state index contributed by atoms with van der Waals surface area (Å²) < 4.78 is 1.09. The molecule has 0 atom stereocenters. The van der Waals surface area contributed by atoms with E-state index in [0.29, 0.717) is 5.82 Å². The van der Waals surface area contributed by atoms with Crippen LogP contribution in [0.5, 0.6) is 0 Å². The first-order valence-electron chi connectivity index (χ1n) is 6.43. The van der Waals surface area contributed by atoms with Crippen molar-refractivity contribution >= 4 is 27.6 Å². The third-order valence-corrected chi connectivity index (χ3v) is 3.75. The topological polar surface area (TPSA) is 67.1 Å². The Morgan fingerprint density at radius 3 is 2.70 bits per heavy atom. The van der Waals surface area contributed by atoms with E-state index in [4.69, 9.17) is 5.84 Å². The first-order chi connectivity index (χ1) is 9.63. The van der Waals surface area contributed by atoms with Crippen LogP contribution in [0.1, 0.15) is 18.3 Å². The number of hydrogen-bond donors (Lipinski definition) is 2. The molecule has 0 unspecified atom stereocenters. The highest BCUT2D eigenvalue weighted by molar-refractivity contribution is 9.10. The molecule has 1 heterocycles. The van der Waals surface area contributed by atoms with Crippen molar-refractivity contribution in [1.82, 2.24) is 9.97 Å². The molecule has 0 aliphatic carbocycles. The first kappa shape index (κ1) is 14.7. The van der Waals surface area contributed by atoms with Gasteiger partial charge in [-0.3, -0.25) is 0 Å². The molecular weight excluding hydrogens is 318 g/mol. The molecule has 6 heteroatoms. The maximum absolute atomic E-state index is 5.45. The number of aromatic nitrogens is 2. The Balaban J connectivity index is 2.24. The van der Waals surface area contributed by atoms with Gasteiger partial charge in [-0.05, 0) is 11.6 Å².